The smallest absolute Gasteiger partial charge is 0.311 e. The lowest BCUT2D eigenvalue weighted by Gasteiger charge is -2.17. The number of benzene rings is 2. The first-order valence-corrected chi connectivity index (χ1v) is 8.98. The Bertz CT molecular complexity index is 928. The monoisotopic (exact) mass is 401 g/mol. The Morgan fingerprint density at radius 3 is 2.52 bits per heavy atom. The molecule has 2 rings (SSSR count). The van der Waals surface area contributed by atoms with Crippen LogP contribution in [0.5, 0.6) is 11.5 Å². The number of hydrogen-bond donors (Lipinski definition) is 2. The first-order chi connectivity index (χ1) is 13.7. The second kappa shape index (κ2) is 9.54. The van der Waals surface area contributed by atoms with Gasteiger partial charge in [0.25, 0.3) is 11.8 Å². The van der Waals surface area contributed by atoms with Gasteiger partial charge in [-0.2, -0.15) is 0 Å². The van der Waals surface area contributed by atoms with E-state index in [0.29, 0.717) is 5.75 Å². The molecule has 0 unspecified atom stereocenters. The third kappa shape index (κ3) is 5.44. The van der Waals surface area contributed by atoms with E-state index in [9.17, 15) is 19.7 Å². The molecule has 0 bridgehead atoms. The molecule has 2 aromatic carbocycles. The van der Waals surface area contributed by atoms with Gasteiger partial charge in [0.05, 0.1) is 11.5 Å². The summed E-state index contributed by atoms with van der Waals surface area (Å²) in [4.78, 5) is 35.0. The Morgan fingerprint density at radius 1 is 1.14 bits per heavy atom. The molecule has 1 atom stereocenters. The van der Waals surface area contributed by atoms with Crippen LogP contribution >= 0.6 is 0 Å². The molecule has 2 N–H and O–H groups in total. The predicted molar refractivity (Wildman–Crippen MR) is 106 cm³/mol. The summed E-state index contributed by atoms with van der Waals surface area (Å²) in [5.41, 5.74) is 6.10. The van der Waals surface area contributed by atoms with Crippen LogP contribution in [0.3, 0.4) is 0 Å². The largest absolute Gasteiger partial charge is 0.487 e. The number of rotatable bonds is 7. The molecule has 0 fully saturated rings. The summed E-state index contributed by atoms with van der Waals surface area (Å²) in [5, 5.41) is 11.2. The molecule has 9 nitrogen and oxygen atoms in total. The molecule has 0 aliphatic heterocycles. The van der Waals surface area contributed by atoms with Crippen LogP contribution < -0.4 is 20.3 Å². The van der Waals surface area contributed by atoms with Gasteiger partial charge in [0.15, 0.2) is 11.9 Å². The van der Waals surface area contributed by atoms with E-state index in [1.807, 2.05) is 26.0 Å². The van der Waals surface area contributed by atoms with E-state index in [2.05, 4.69) is 10.9 Å². The van der Waals surface area contributed by atoms with Crippen molar-refractivity contribution in [3.05, 3.63) is 63.2 Å². The number of nitrogens with one attached hydrogen (secondary N) is 2. The summed E-state index contributed by atoms with van der Waals surface area (Å²) < 4.78 is 10.8. The Morgan fingerprint density at radius 2 is 1.86 bits per heavy atom. The van der Waals surface area contributed by atoms with Crippen molar-refractivity contribution in [2.45, 2.75) is 33.8 Å². The molecule has 0 radical (unpaired) electrons. The molecule has 0 saturated carbocycles. The highest BCUT2D eigenvalue weighted by atomic mass is 16.6. The van der Waals surface area contributed by atoms with Crippen LogP contribution in [0.25, 0.3) is 0 Å². The molecule has 9 heteroatoms. The molecule has 0 spiro atoms. The molecule has 29 heavy (non-hydrogen) atoms. The molecule has 0 aliphatic carbocycles. The molecule has 2 amide bonds. The average Bonchev–Trinajstić information content (AvgIpc) is 2.69. The van der Waals surface area contributed by atoms with Gasteiger partial charge in [-0.25, -0.2) is 0 Å². The van der Waals surface area contributed by atoms with Crippen molar-refractivity contribution in [2.75, 3.05) is 6.61 Å². The van der Waals surface area contributed by atoms with Gasteiger partial charge in [0.2, 0.25) is 0 Å². The fourth-order valence-corrected chi connectivity index (χ4v) is 2.47. The second-order valence-corrected chi connectivity index (χ2v) is 6.27. The minimum absolute atomic E-state index is 0.00329. The van der Waals surface area contributed by atoms with Gasteiger partial charge >= 0.3 is 5.69 Å². The van der Waals surface area contributed by atoms with Crippen molar-refractivity contribution in [3.8, 4) is 11.5 Å². The molecule has 0 aromatic heterocycles. The van der Waals surface area contributed by atoms with E-state index in [1.165, 1.54) is 12.1 Å². The van der Waals surface area contributed by atoms with Crippen LogP contribution in [0.15, 0.2) is 36.4 Å². The van der Waals surface area contributed by atoms with Crippen molar-refractivity contribution in [3.63, 3.8) is 0 Å². The van der Waals surface area contributed by atoms with Crippen molar-refractivity contribution in [1.29, 1.82) is 0 Å². The normalized spacial score (nSPS) is 11.3. The van der Waals surface area contributed by atoms with Crippen LogP contribution in [0, 0.1) is 24.0 Å². The zero-order valence-electron chi connectivity index (χ0n) is 16.6. The van der Waals surface area contributed by atoms with Gasteiger partial charge in [-0.1, -0.05) is 12.1 Å². The number of hydrazine groups is 1. The minimum Gasteiger partial charge on any atom is -0.487 e. The summed E-state index contributed by atoms with van der Waals surface area (Å²) in [7, 11) is 0. The number of carbonyl (C=O) groups excluding carboxylic acids is 2. The number of ether oxygens (including phenoxy) is 2. The van der Waals surface area contributed by atoms with Gasteiger partial charge in [-0.15, -0.1) is 0 Å². The highest BCUT2D eigenvalue weighted by Gasteiger charge is 2.20. The zero-order chi connectivity index (χ0) is 21.6. The number of carbonyl (C=O) groups is 2. The molecule has 154 valence electrons. The number of hydrogen-bond acceptors (Lipinski definition) is 6. The van der Waals surface area contributed by atoms with Gasteiger partial charge in [0.1, 0.15) is 5.75 Å². The topological polar surface area (TPSA) is 120 Å². The fraction of sp³-hybridized carbons (Fsp3) is 0.300. The summed E-state index contributed by atoms with van der Waals surface area (Å²) >= 11 is 0. The molecule has 0 aliphatic rings. The van der Waals surface area contributed by atoms with Gasteiger partial charge in [-0.3, -0.25) is 30.6 Å². The lowest BCUT2D eigenvalue weighted by atomic mass is 10.1. The van der Waals surface area contributed by atoms with Gasteiger partial charge in [0, 0.05) is 11.6 Å². The minimum atomic E-state index is -0.870. The number of nitro benzene ring substituents is 1. The Balaban J connectivity index is 2.00. The van der Waals surface area contributed by atoms with Crippen LogP contribution in [-0.2, 0) is 4.79 Å². The number of nitrogens with zero attached hydrogens (tertiary/aromatic N) is 1. The van der Waals surface area contributed by atoms with E-state index in [-0.39, 0.29) is 23.6 Å². The van der Waals surface area contributed by atoms with Crippen LogP contribution in [-0.4, -0.2) is 29.4 Å². The van der Waals surface area contributed by atoms with Gasteiger partial charge < -0.3 is 9.47 Å². The Hall–Kier alpha value is -3.62. The van der Waals surface area contributed by atoms with Crippen LogP contribution in [0.1, 0.15) is 35.3 Å². The lowest BCUT2D eigenvalue weighted by Crippen LogP contribution is -2.47. The van der Waals surface area contributed by atoms with E-state index in [1.54, 1.807) is 19.9 Å². The van der Waals surface area contributed by atoms with E-state index >= 15 is 0 Å². The number of nitro groups is 1. The average molecular weight is 401 g/mol. The lowest BCUT2D eigenvalue weighted by molar-refractivity contribution is -0.385. The SMILES string of the molecule is CCOc1ccc(C(=O)NNC(=O)[C@H](C)Oc2cccc(C)c2C)cc1[N+](=O)[O-]. The van der Waals surface area contributed by atoms with Crippen molar-refractivity contribution in [1.82, 2.24) is 10.9 Å². The zero-order valence-corrected chi connectivity index (χ0v) is 16.6. The van der Waals surface area contributed by atoms with E-state index < -0.39 is 22.8 Å². The maximum Gasteiger partial charge on any atom is 0.311 e. The standard InChI is InChI=1S/C20H23N3O6/c1-5-28-18-10-9-15(11-16(18)23(26)27)20(25)22-21-19(24)14(4)29-17-8-6-7-12(2)13(17)3/h6-11,14H,5H2,1-4H3,(H,21,24)(H,22,25)/t14-/m0/s1. The third-order valence-electron chi connectivity index (χ3n) is 4.24. The molecule has 2 aromatic rings. The Labute approximate surface area is 168 Å². The van der Waals surface area contributed by atoms with Crippen molar-refractivity contribution in [2.24, 2.45) is 0 Å². The van der Waals surface area contributed by atoms with Crippen LogP contribution in [0.4, 0.5) is 5.69 Å². The first-order valence-electron chi connectivity index (χ1n) is 8.98. The quantitative estimate of drug-likeness (QED) is 0.544. The maximum absolute atomic E-state index is 12.2. The van der Waals surface area contributed by atoms with Crippen LogP contribution in [0.2, 0.25) is 0 Å². The molecular formula is C20H23N3O6. The third-order valence-corrected chi connectivity index (χ3v) is 4.24. The van der Waals surface area contributed by atoms with Gasteiger partial charge in [-0.05, 0) is 57.0 Å². The van der Waals surface area contributed by atoms with Crippen molar-refractivity contribution < 1.29 is 24.0 Å². The summed E-state index contributed by atoms with van der Waals surface area (Å²) in [6.07, 6.45) is -0.870. The highest BCUT2D eigenvalue weighted by Crippen LogP contribution is 2.28. The second-order valence-electron chi connectivity index (χ2n) is 6.27. The highest BCUT2D eigenvalue weighted by molar-refractivity contribution is 5.96. The Kier molecular flexibility index (Phi) is 7.13. The number of amides is 2. The predicted octanol–water partition coefficient (Wildman–Crippen LogP) is 2.84. The first kappa shape index (κ1) is 21.7. The summed E-state index contributed by atoms with van der Waals surface area (Å²) in [6.45, 7) is 7.31. The van der Waals surface area contributed by atoms with E-state index in [4.69, 9.17) is 9.47 Å². The fourth-order valence-electron chi connectivity index (χ4n) is 2.47. The molecule has 0 heterocycles. The molecular weight excluding hydrogens is 378 g/mol. The maximum atomic E-state index is 12.2. The molecule has 0 saturated heterocycles. The van der Waals surface area contributed by atoms with Crippen molar-refractivity contribution >= 4 is 17.5 Å². The summed E-state index contributed by atoms with van der Waals surface area (Å²) in [5.74, 6) is -0.641. The van der Waals surface area contributed by atoms with E-state index in [0.717, 1.165) is 17.2 Å². The number of aryl methyl sites for hydroxylation is 1. The summed E-state index contributed by atoms with van der Waals surface area (Å²) in [6, 6.07) is 9.30.